The summed E-state index contributed by atoms with van der Waals surface area (Å²) < 4.78 is 5.50. The molecule has 2 rings (SSSR count). The number of halogens is 1. The SMILES string of the molecule is CCCOc1cc(NC2(CCl)CCCC2)ncn1. The lowest BCUT2D eigenvalue weighted by Gasteiger charge is -2.28. The number of rotatable bonds is 6. The zero-order chi connectivity index (χ0) is 12.8. The molecule has 1 aliphatic rings. The number of ether oxygens (including phenoxy) is 1. The van der Waals surface area contributed by atoms with Crippen LogP contribution in [0.5, 0.6) is 5.88 Å². The average Bonchev–Trinajstić information content (AvgIpc) is 2.86. The Balaban J connectivity index is 2.04. The van der Waals surface area contributed by atoms with E-state index >= 15 is 0 Å². The fourth-order valence-electron chi connectivity index (χ4n) is 2.31. The molecule has 0 radical (unpaired) electrons. The Hall–Kier alpha value is -1.03. The molecule has 0 saturated heterocycles. The predicted molar refractivity (Wildman–Crippen MR) is 73.4 cm³/mol. The molecule has 1 N–H and O–H groups in total. The molecule has 0 atom stereocenters. The van der Waals surface area contributed by atoms with Crippen molar-refractivity contribution in [2.45, 2.75) is 44.6 Å². The molecule has 1 aliphatic carbocycles. The van der Waals surface area contributed by atoms with Gasteiger partial charge in [0, 0.05) is 11.9 Å². The third-order valence-corrected chi connectivity index (χ3v) is 3.82. The number of anilines is 1. The van der Waals surface area contributed by atoms with Gasteiger partial charge in [0.2, 0.25) is 5.88 Å². The van der Waals surface area contributed by atoms with Crippen LogP contribution in [-0.2, 0) is 0 Å². The van der Waals surface area contributed by atoms with Gasteiger partial charge in [-0.3, -0.25) is 0 Å². The Labute approximate surface area is 113 Å². The van der Waals surface area contributed by atoms with Gasteiger partial charge in [-0.1, -0.05) is 19.8 Å². The summed E-state index contributed by atoms with van der Waals surface area (Å²) in [6.07, 6.45) is 7.16. The lowest BCUT2D eigenvalue weighted by molar-refractivity contribution is 0.305. The smallest absolute Gasteiger partial charge is 0.218 e. The Bertz CT molecular complexity index is 380. The summed E-state index contributed by atoms with van der Waals surface area (Å²) >= 11 is 6.10. The largest absolute Gasteiger partial charge is 0.478 e. The van der Waals surface area contributed by atoms with Crippen LogP contribution in [0.4, 0.5) is 5.82 Å². The molecule has 0 bridgehead atoms. The van der Waals surface area contributed by atoms with Crippen LogP contribution in [0.15, 0.2) is 12.4 Å². The van der Waals surface area contributed by atoms with Crippen LogP contribution in [0.2, 0.25) is 0 Å². The minimum absolute atomic E-state index is 0.00205. The second-order valence-electron chi connectivity index (χ2n) is 4.84. The second-order valence-corrected chi connectivity index (χ2v) is 5.10. The quantitative estimate of drug-likeness (QED) is 0.806. The Morgan fingerprint density at radius 3 is 2.83 bits per heavy atom. The second kappa shape index (κ2) is 6.23. The zero-order valence-corrected chi connectivity index (χ0v) is 11.5. The lowest BCUT2D eigenvalue weighted by Crippen LogP contribution is -2.37. The number of alkyl halides is 1. The zero-order valence-electron chi connectivity index (χ0n) is 10.8. The van der Waals surface area contributed by atoms with Gasteiger partial charge in [-0.2, -0.15) is 0 Å². The Morgan fingerprint density at radius 2 is 2.17 bits per heavy atom. The van der Waals surface area contributed by atoms with Gasteiger partial charge in [0.1, 0.15) is 12.1 Å². The summed E-state index contributed by atoms with van der Waals surface area (Å²) in [7, 11) is 0. The molecule has 1 aromatic rings. The number of hydrogen-bond donors (Lipinski definition) is 1. The van der Waals surface area contributed by atoms with Crippen LogP contribution in [-0.4, -0.2) is 28.0 Å². The fraction of sp³-hybridized carbons (Fsp3) is 0.692. The van der Waals surface area contributed by atoms with Gasteiger partial charge in [-0.25, -0.2) is 9.97 Å². The van der Waals surface area contributed by atoms with E-state index in [4.69, 9.17) is 16.3 Å². The first-order valence-corrected chi connectivity index (χ1v) is 7.10. The van der Waals surface area contributed by atoms with E-state index < -0.39 is 0 Å². The molecule has 0 aliphatic heterocycles. The van der Waals surface area contributed by atoms with E-state index in [0.717, 1.165) is 25.1 Å². The van der Waals surface area contributed by atoms with Crippen LogP contribution in [0.1, 0.15) is 39.0 Å². The van der Waals surface area contributed by atoms with E-state index in [1.54, 1.807) is 0 Å². The maximum Gasteiger partial charge on any atom is 0.218 e. The molecular formula is C13H20ClN3O. The van der Waals surface area contributed by atoms with Gasteiger partial charge in [-0.05, 0) is 19.3 Å². The molecule has 18 heavy (non-hydrogen) atoms. The molecule has 0 aromatic carbocycles. The number of hydrogen-bond acceptors (Lipinski definition) is 4. The van der Waals surface area contributed by atoms with E-state index in [2.05, 4.69) is 22.2 Å². The molecule has 1 aromatic heterocycles. The van der Waals surface area contributed by atoms with Crippen LogP contribution in [0, 0.1) is 0 Å². The maximum atomic E-state index is 6.10. The van der Waals surface area contributed by atoms with Crippen molar-refractivity contribution in [3.8, 4) is 5.88 Å². The van der Waals surface area contributed by atoms with Crippen molar-refractivity contribution in [1.82, 2.24) is 9.97 Å². The van der Waals surface area contributed by atoms with Gasteiger partial charge in [-0.15, -0.1) is 11.6 Å². The van der Waals surface area contributed by atoms with Gasteiger partial charge < -0.3 is 10.1 Å². The molecule has 100 valence electrons. The van der Waals surface area contributed by atoms with Crippen molar-refractivity contribution in [1.29, 1.82) is 0 Å². The molecule has 1 fully saturated rings. The van der Waals surface area contributed by atoms with E-state index in [0.29, 0.717) is 18.4 Å². The number of nitrogens with one attached hydrogen (secondary N) is 1. The summed E-state index contributed by atoms with van der Waals surface area (Å²) in [5.74, 6) is 2.04. The average molecular weight is 270 g/mol. The van der Waals surface area contributed by atoms with Crippen molar-refractivity contribution < 1.29 is 4.74 Å². The molecular weight excluding hydrogens is 250 g/mol. The first-order chi connectivity index (χ1) is 8.78. The molecule has 5 heteroatoms. The highest BCUT2D eigenvalue weighted by atomic mass is 35.5. The van der Waals surface area contributed by atoms with E-state index in [1.807, 2.05) is 6.07 Å². The maximum absolute atomic E-state index is 6.10. The highest BCUT2D eigenvalue weighted by molar-refractivity contribution is 6.18. The number of aromatic nitrogens is 2. The standard InChI is InChI=1S/C13H20ClN3O/c1-2-7-18-12-8-11(15-10-16-12)17-13(9-14)5-3-4-6-13/h8,10H,2-7,9H2,1H3,(H,15,16,17). The lowest BCUT2D eigenvalue weighted by atomic mass is 10.0. The number of nitrogens with zero attached hydrogens (tertiary/aromatic N) is 2. The summed E-state index contributed by atoms with van der Waals surface area (Å²) in [6.45, 7) is 2.75. The highest BCUT2D eigenvalue weighted by Crippen LogP contribution is 2.33. The molecule has 0 spiro atoms. The van der Waals surface area contributed by atoms with Crippen molar-refractivity contribution in [2.24, 2.45) is 0 Å². The summed E-state index contributed by atoms with van der Waals surface area (Å²) in [5.41, 5.74) is -0.00205. The summed E-state index contributed by atoms with van der Waals surface area (Å²) in [6, 6.07) is 1.85. The van der Waals surface area contributed by atoms with Gasteiger partial charge in [0.25, 0.3) is 0 Å². The monoisotopic (exact) mass is 269 g/mol. The highest BCUT2D eigenvalue weighted by Gasteiger charge is 2.33. The van der Waals surface area contributed by atoms with Gasteiger partial charge >= 0.3 is 0 Å². The third kappa shape index (κ3) is 3.25. The third-order valence-electron chi connectivity index (χ3n) is 3.31. The van der Waals surface area contributed by atoms with Crippen molar-refractivity contribution in [2.75, 3.05) is 17.8 Å². The minimum atomic E-state index is -0.00205. The van der Waals surface area contributed by atoms with Crippen molar-refractivity contribution in [3.63, 3.8) is 0 Å². The van der Waals surface area contributed by atoms with Crippen molar-refractivity contribution in [3.05, 3.63) is 12.4 Å². The molecule has 0 unspecified atom stereocenters. The van der Waals surface area contributed by atoms with E-state index in [-0.39, 0.29) is 5.54 Å². The predicted octanol–water partition coefficient (Wildman–Crippen LogP) is 3.23. The van der Waals surface area contributed by atoms with Crippen molar-refractivity contribution >= 4 is 17.4 Å². The van der Waals surface area contributed by atoms with Crippen LogP contribution >= 0.6 is 11.6 Å². The van der Waals surface area contributed by atoms with E-state index in [1.165, 1.54) is 19.2 Å². The first-order valence-electron chi connectivity index (χ1n) is 6.57. The summed E-state index contributed by atoms with van der Waals surface area (Å²) in [4.78, 5) is 8.34. The first kappa shape index (κ1) is 13.4. The van der Waals surface area contributed by atoms with Gasteiger partial charge in [0.05, 0.1) is 12.1 Å². The fourth-order valence-corrected chi connectivity index (χ4v) is 2.64. The minimum Gasteiger partial charge on any atom is -0.478 e. The molecule has 1 heterocycles. The molecule has 4 nitrogen and oxygen atoms in total. The molecule has 0 amide bonds. The van der Waals surface area contributed by atoms with E-state index in [9.17, 15) is 0 Å². The normalized spacial score (nSPS) is 17.7. The van der Waals surface area contributed by atoms with Crippen LogP contribution in [0.3, 0.4) is 0 Å². The summed E-state index contributed by atoms with van der Waals surface area (Å²) in [5, 5.41) is 3.46. The topological polar surface area (TPSA) is 47.0 Å². The van der Waals surface area contributed by atoms with Gasteiger partial charge in [0.15, 0.2) is 0 Å². The molecule has 1 saturated carbocycles. The van der Waals surface area contributed by atoms with Crippen LogP contribution < -0.4 is 10.1 Å². The van der Waals surface area contributed by atoms with Crippen LogP contribution in [0.25, 0.3) is 0 Å². The Morgan fingerprint density at radius 1 is 1.39 bits per heavy atom. The Kier molecular flexibility index (Phi) is 4.64.